The summed E-state index contributed by atoms with van der Waals surface area (Å²) in [5.74, 6) is 0.226. The molecule has 1 unspecified atom stereocenters. The highest BCUT2D eigenvalue weighted by molar-refractivity contribution is 5.97. The van der Waals surface area contributed by atoms with Gasteiger partial charge in [-0.15, -0.1) is 0 Å². The summed E-state index contributed by atoms with van der Waals surface area (Å²) < 4.78 is 37.6. The van der Waals surface area contributed by atoms with Gasteiger partial charge in [-0.1, -0.05) is 6.07 Å². The Morgan fingerprint density at radius 1 is 1.42 bits per heavy atom. The van der Waals surface area contributed by atoms with E-state index in [4.69, 9.17) is 5.73 Å². The fraction of sp³-hybridized carbons (Fsp3) is 0.500. The van der Waals surface area contributed by atoms with Crippen LogP contribution in [0.5, 0.6) is 0 Å². The van der Waals surface area contributed by atoms with Gasteiger partial charge in [0.15, 0.2) is 5.78 Å². The molecule has 1 aromatic rings. The van der Waals surface area contributed by atoms with Gasteiger partial charge < -0.3 is 5.73 Å². The topological polar surface area (TPSA) is 43.1 Å². The molecule has 1 aliphatic rings. The van der Waals surface area contributed by atoms with Crippen LogP contribution >= 0.6 is 0 Å². The molecule has 1 aliphatic carbocycles. The summed E-state index contributed by atoms with van der Waals surface area (Å²) in [5, 5.41) is 0. The van der Waals surface area contributed by atoms with Crippen molar-refractivity contribution in [2.75, 3.05) is 0 Å². The fourth-order valence-electron chi connectivity index (χ4n) is 2.17. The molecule has 0 amide bonds. The number of Topliss-reactive ketones (excluding diaryl/α,β-unsaturated/α-hetero) is 1. The molecule has 1 saturated carbocycles. The standard InChI is InChI=1S/C14H16F3NO/c1-8-6-10(14(15,16)17)4-5-11(8)13(19)7-12(18)9-2-3-9/h4-6,9,12H,2-3,7,18H2,1H3. The Hall–Kier alpha value is -1.36. The van der Waals surface area contributed by atoms with Crippen molar-refractivity contribution < 1.29 is 18.0 Å². The van der Waals surface area contributed by atoms with Crippen LogP contribution in [0.1, 0.15) is 40.7 Å². The Morgan fingerprint density at radius 2 is 2.05 bits per heavy atom. The summed E-state index contributed by atoms with van der Waals surface area (Å²) in [4.78, 5) is 12.0. The predicted octanol–water partition coefficient (Wildman–Crippen LogP) is 3.32. The lowest BCUT2D eigenvalue weighted by Gasteiger charge is -2.13. The lowest BCUT2D eigenvalue weighted by atomic mass is 9.96. The van der Waals surface area contributed by atoms with Crippen molar-refractivity contribution in [1.82, 2.24) is 0 Å². The average Bonchev–Trinajstić information content (AvgIpc) is 3.10. The molecule has 19 heavy (non-hydrogen) atoms. The highest BCUT2D eigenvalue weighted by Crippen LogP contribution is 2.34. The first kappa shape index (κ1) is 14.1. The van der Waals surface area contributed by atoms with Crippen molar-refractivity contribution in [3.8, 4) is 0 Å². The summed E-state index contributed by atoms with van der Waals surface area (Å²) in [7, 11) is 0. The SMILES string of the molecule is Cc1cc(C(F)(F)F)ccc1C(=O)CC(N)C1CC1. The van der Waals surface area contributed by atoms with E-state index in [9.17, 15) is 18.0 Å². The molecule has 2 N–H and O–H groups in total. The second-order valence-electron chi connectivity index (χ2n) is 5.16. The van der Waals surface area contributed by atoms with Gasteiger partial charge in [0.1, 0.15) is 0 Å². The summed E-state index contributed by atoms with van der Waals surface area (Å²) in [5.41, 5.74) is 5.82. The van der Waals surface area contributed by atoms with Crippen LogP contribution in [0.25, 0.3) is 0 Å². The highest BCUT2D eigenvalue weighted by atomic mass is 19.4. The van der Waals surface area contributed by atoms with Gasteiger partial charge in [0.25, 0.3) is 0 Å². The van der Waals surface area contributed by atoms with Crippen LogP contribution in [-0.4, -0.2) is 11.8 Å². The Balaban J connectivity index is 2.13. The van der Waals surface area contributed by atoms with Gasteiger partial charge in [0.05, 0.1) is 5.56 Å². The lowest BCUT2D eigenvalue weighted by molar-refractivity contribution is -0.137. The normalized spacial score (nSPS) is 17.3. The number of hydrogen-bond acceptors (Lipinski definition) is 2. The molecule has 0 heterocycles. The number of carbonyl (C=O) groups excluding carboxylic acids is 1. The zero-order valence-corrected chi connectivity index (χ0v) is 10.6. The fourth-order valence-corrected chi connectivity index (χ4v) is 2.17. The van der Waals surface area contributed by atoms with Crippen molar-refractivity contribution in [1.29, 1.82) is 0 Å². The summed E-state index contributed by atoms with van der Waals surface area (Å²) in [6.07, 6.45) is -2.09. The zero-order valence-electron chi connectivity index (χ0n) is 10.6. The first-order chi connectivity index (χ1) is 8.79. The van der Waals surface area contributed by atoms with Crippen molar-refractivity contribution in [2.45, 2.75) is 38.4 Å². The van der Waals surface area contributed by atoms with E-state index in [1.807, 2.05) is 0 Å². The average molecular weight is 271 g/mol. The largest absolute Gasteiger partial charge is 0.416 e. The highest BCUT2D eigenvalue weighted by Gasteiger charge is 2.32. The second-order valence-corrected chi connectivity index (χ2v) is 5.16. The maximum atomic E-state index is 12.5. The molecule has 0 aromatic heterocycles. The third-order valence-corrected chi connectivity index (χ3v) is 3.50. The van der Waals surface area contributed by atoms with E-state index in [1.54, 1.807) is 0 Å². The van der Waals surface area contributed by atoms with Crippen LogP contribution in [0.2, 0.25) is 0 Å². The predicted molar refractivity (Wildman–Crippen MR) is 65.8 cm³/mol. The minimum Gasteiger partial charge on any atom is -0.327 e. The van der Waals surface area contributed by atoms with E-state index in [0.29, 0.717) is 17.0 Å². The molecule has 0 bridgehead atoms. The number of halogens is 3. The van der Waals surface area contributed by atoms with Crippen LogP contribution < -0.4 is 5.73 Å². The molecular formula is C14H16F3NO. The van der Waals surface area contributed by atoms with Gasteiger partial charge >= 0.3 is 6.18 Å². The Bertz CT molecular complexity index is 492. The van der Waals surface area contributed by atoms with Gasteiger partial charge in [-0.25, -0.2) is 0 Å². The maximum absolute atomic E-state index is 12.5. The number of nitrogens with two attached hydrogens (primary N) is 1. The molecule has 104 valence electrons. The number of ketones is 1. The summed E-state index contributed by atoms with van der Waals surface area (Å²) in [6.45, 7) is 1.52. The van der Waals surface area contributed by atoms with Crippen LogP contribution in [0.3, 0.4) is 0 Å². The van der Waals surface area contributed by atoms with Crippen molar-refractivity contribution in [3.63, 3.8) is 0 Å². The molecule has 0 spiro atoms. The minimum absolute atomic E-state index is 0.172. The first-order valence-corrected chi connectivity index (χ1v) is 6.25. The molecule has 2 nitrogen and oxygen atoms in total. The third-order valence-electron chi connectivity index (χ3n) is 3.50. The van der Waals surface area contributed by atoms with Crippen LogP contribution in [0.15, 0.2) is 18.2 Å². The molecule has 5 heteroatoms. The van der Waals surface area contributed by atoms with Crippen LogP contribution in [0, 0.1) is 12.8 Å². The van der Waals surface area contributed by atoms with E-state index < -0.39 is 11.7 Å². The zero-order chi connectivity index (χ0) is 14.2. The minimum atomic E-state index is -4.38. The lowest BCUT2D eigenvalue weighted by Crippen LogP contribution is -2.26. The maximum Gasteiger partial charge on any atom is 0.416 e. The third kappa shape index (κ3) is 3.35. The van der Waals surface area contributed by atoms with E-state index in [2.05, 4.69) is 0 Å². The number of benzene rings is 1. The van der Waals surface area contributed by atoms with Gasteiger partial charge in [-0.3, -0.25) is 4.79 Å². The van der Waals surface area contributed by atoms with Gasteiger partial charge in [0, 0.05) is 18.0 Å². The molecule has 1 atom stereocenters. The molecule has 1 fully saturated rings. The van der Waals surface area contributed by atoms with E-state index >= 15 is 0 Å². The Morgan fingerprint density at radius 3 is 2.53 bits per heavy atom. The molecule has 2 rings (SSSR count). The van der Waals surface area contributed by atoms with Crippen molar-refractivity contribution in [3.05, 3.63) is 34.9 Å². The van der Waals surface area contributed by atoms with Crippen molar-refractivity contribution >= 4 is 5.78 Å². The quantitative estimate of drug-likeness (QED) is 0.854. The molecular weight excluding hydrogens is 255 g/mol. The number of rotatable bonds is 4. The van der Waals surface area contributed by atoms with E-state index in [0.717, 1.165) is 25.0 Å². The van der Waals surface area contributed by atoms with Crippen molar-refractivity contribution in [2.24, 2.45) is 11.7 Å². The summed E-state index contributed by atoms with van der Waals surface area (Å²) >= 11 is 0. The molecule has 0 radical (unpaired) electrons. The summed E-state index contributed by atoms with van der Waals surface area (Å²) in [6, 6.07) is 3.04. The first-order valence-electron chi connectivity index (χ1n) is 6.25. The van der Waals surface area contributed by atoms with Gasteiger partial charge in [-0.05, 0) is 43.4 Å². The van der Waals surface area contributed by atoms with E-state index in [1.165, 1.54) is 13.0 Å². The van der Waals surface area contributed by atoms with Gasteiger partial charge in [-0.2, -0.15) is 13.2 Å². The molecule has 0 saturated heterocycles. The second kappa shape index (κ2) is 4.96. The number of hydrogen-bond donors (Lipinski definition) is 1. The molecule has 0 aliphatic heterocycles. The van der Waals surface area contributed by atoms with Gasteiger partial charge in [0.2, 0.25) is 0 Å². The smallest absolute Gasteiger partial charge is 0.327 e. The number of alkyl halides is 3. The Kier molecular flexibility index (Phi) is 3.67. The Labute approximate surface area is 109 Å². The van der Waals surface area contributed by atoms with E-state index in [-0.39, 0.29) is 18.2 Å². The number of carbonyl (C=O) groups is 1. The van der Waals surface area contributed by atoms with Crippen LogP contribution in [-0.2, 0) is 6.18 Å². The number of aryl methyl sites for hydroxylation is 1. The van der Waals surface area contributed by atoms with Crippen LogP contribution in [0.4, 0.5) is 13.2 Å². The monoisotopic (exact) mass is 271 g/mol. The molecule has 1 aromatic carbocycles.